The molecule has 20 heavy (non-hydrogen) atoms. The fourth-order valence-electron chi connectivity index (χ4n) is 1.99. The van der Waals surface area contributed by atoms with Gasteiger partial charge >= 0.3 is 0 Å². The molecule has 0 atom stereocenters. The summed E-state index contributed by atoms with van der Waals surface area (Å²) >= 11 is 0. The predicted octanol–water partition coefficient (Wildman–Crippen LogP) is 4.27. The number of hydrogen-bond donors (Lipinski definition) is 1. The first-order valence-corrected chi connectivity index (χ1v) is 6.44. The Morgan fingerprint density at radius 2 is 1.50 bits per heavy atom. The highest BCUT2D eigenvalue weighted by Crippen LogP contribution is 2.27. The van der Waals surface area contributed by atoms with Gasteiger partial charge in [-0.05, 0) is 35.4 Å². The van der Waals surface area contributed by atoms with Crippen LogP contribution in [0.5, 0.6) is 0 Å². The van der Waals surface area contributed by atoms with E-state index in [0.29, 0.717) is 17.7 Å². The Labute approximate surface area is 116 Å². The van der Waals surface area contributed by atoms with Crippen LogP contribution >= 0.6 is 0 Å². The Hall–Kier alpha value is -1.81. The van der Waals surface area contributed by atoms with E-state index in [4.69, 9.17) is 0 Å². The lowest BCUT2D eigenvalue weighted by Gasteiger charge is -2.13. The number of hydrogen-bond acceptors (Lipinski definition) is 1. The summed E-state index contributed by atoms with van der Waals surface area (Å²) in [6.45, 7) is 4.36. The summed E-state index contributed by atoms with van der Waals surface area (Å²) in [4.78, 5) is 0. The first kappa shape index (κ1) is 14.6. The molecule has 106 valence electrons. The smallest absolute Gasteiger partial charge is 0.133 e. The standard InChI is InChI=1S/C16H16F3N/c1-10(2)20-9-11-7-12(17)3-5-14(11)15-6-4-13(18)8-16(15)19/h3-8,10,20H,9H2,1-2H3. The largest absolute Gasteiger partial charge is 0.310 e. The normalized spacial score (nSPS) is 11.1. The van der Waals surface area contributed by atoms with Crippen LogP contribution in [0.15, 0.2) is 36.4 Å². The summed E-state index contributed by atoms with van der Waals surface area (Å²) in [5, 5.41) is 3.17. The van der Waals surface area contributed by atoms with Gasteiger partial charge in [0.15, 0.2) is 0 Å². The molecular weight excluding hydrogens is 263 g/mol. The maximum Gasteiger partial charge on any atom is 0.133 e. The SMILES string of the molecule is CC(C)NCc1cc(F)ccc1-c1ccc(F)cc1F. The van der Waals surface area contributed by atoms with Crippen molar-refractivity contribution < 1.29 is 13.2 Å². The second-order valence-corrected chi connectivity index (χ2v) is 4.96. The van der Waals surface area contributed by atoms with Gasteiger partial charge in [0, 0.05) is 24.2 Å². The van der Waals surface area contributed by atoms with E-state index in [9.17, 15) is 13.2 Å². The zero-order chi connectivity index (χ0) is 14.7. The van der Waals surface area contributed by atoms with E-state index in [0.717, 1.165) is 6.07 Å². The molecule has 0 saturated carbocycles. The molecule has 4 heteroatoms. The van der Waals surface area contributed by atoms with Gasteiger partial charge < -0.3 is 5.32 Å². The monoisotopic (exact) mass is 279 g/mol. The molecule has 2 rings (SSSR count). The van der Waals surface area contributed by atoms with Crippen LogP contribution in [0, 0.1) is 17.5 Å². The third-order valence-corrected chi connectivity index (χ3v) is 2.99. The maximum absolute atomic E-state index is 13.9. The molecule has 0 aliphatic rings. The van der Waals surface area contributed by atoms with Crippen LogP contribution in [0.25, 0.3) is 11.1 Å². The topological polar surface area (TPSA) is 12.0 Å². The average molecular weight is 279 g/mol. The van der Waals surface area contributed by atoms with E-state index in [1.165, 1.54) is 30.3 Å². The summed E-state index contributed by atoms with van der Waals surface area (Å²) in [7, 11) is 0. The van der Waals surface area contributed by atoms with Crippen molar-refractivity contribution in [2.75, 3.05) is 0 Å². The molecule has 0 aromatic heterocycles. The van der Waals surface area contributed by atoms with Crippen molar-refractivity contribution in [2.45, 2.75) is 26.4 Å². The van der Waals surface area contributed by atoms with Gasteiger partial charge in [-0.2, -0.15) is 0 Å². The molecule has 1 nitrogen and oxygen atoms in total. The maximum atomic E-state index is 13.9. The lowest BCUT2D eigenvalue weighted by atomic mass is 9.98. The minimum atomic E-state index is -0.651. The molecule has 1 N–H and O–H groups in total. The van der Waals surface area contributed by atoms with Gasteiger partial charge in [0.1, 0.15) is 17.5 Å². The van der Waals surface area contributed by atoms with Crippen molar-refractivity contribution in [1.29, 1.82) is 0 Å². The molecule has 0 bridgehead atoms. The number of nitrogens with one attached hydrogen (secondary N) is 1. The quantitative estimate of drug-likeness (QED) is 0.881. The highest BCUT2D eigenvalue weighted by molar-refractivity contribution is 5.68. The molecule has 2 aromatic carbocycles. The lowest BCUT2D eigenvalue weighted by Crippen LogP contribution is -2.22. The van der Waals surface area contributed by atoms with Crippen molar-refractivity contribution in [3.8, 4) is 11.1 Å². The third kappa shape index (κ3) is 3.39. The van der Waals surface area contributed by atoms with Gasteiger partial charge in [0.2, 0.25) is 0 Å². The first-order chi connectivity index (χ1) is 9.47. The van der Waals surface area contributed by atoms with Crippen molar-refractivity contribution in [3.05, 3.63) is 59.4 Å². The van der Waals surface area contributed by atoms with E-state index >= 15 is 0 Å². The van der Waals surface area contributed by atoms with E-state index < -0.39 is 11.6 Å². The molecule has 0 radical (unpaired) electrons. The van der Waals surface area contributed by atoms with Gasteiger partial charge in [-0.1, -0.05) is 19.9 Å². The molecule has 0 fully saturated rings. The molecule has 0 unspecified atom stereocenters. The van der Waals surface area contributed by atoms with Crippen LogP contribution in [-0.4, -0.2) is 6.04 Å². The number of benzene rings is 2. The van der Waals surface area contributed by atoms with E-state index in [-0.39, 0.29) is 17.4 Å². The Morgan fingerprint density at radius 1 is 0.900 bits per heavy atom. The lowest BCUT2D eigenvalue weighted by molar-refractivity contribution is 0.578. The van der Waals surface area contributed by atoms with Gasteiger partial charge in [-0.25, -0.2) is 13.2 Å². The second-order valence-electron chi connectivity index (χ2n) is 4.96. The van der Waals surface area contributed by atoms with Gasteiger partial charge in [0.25, 0.3) is 0 Å². The van der Waals surface area contributed by atoms with Gasteiger partial charge in [-0.15, -0.1) is 0 Å². The van der Waals surface area contributed by atoms with Gasteiger partial charge in [-0.3, -0.25) is 0 Å². The molecule has 0 amide bonds. The zero-order valence-corrected chi connectivity index (χ0v) is 11.4. The molecule has 0 spiro atoms. The molecule has 0 aliphatic carbocycles. The van der Waals surface area contributed by atoms with Crippen LogP contribution < -0.4 is 5.32 Å². The van der Waals surface area contributed by atoms with Crippen molar-refractivity contribution in [1.82, 2.24) is 5.32 Å². The highest BCUT2D eigenvalue weighted by Gasteiger charge is 2.12. The van der Waals surface area contributed by atoms with Crippen LogP contribution in [-0.2, 0) is 6.54 Å². The Morgan fingerprint density at radius 3 is 2.10 bits per heavy atom. The summed E-state index contributed by atoms with van der Waals surface area (Å²) in [5.41, 5.74) is 1.48. The van der Waals surface area contributed by atoms with Crippen LogP contribution in [0.3, 0.4) is 0 Å². The summed E-state index contributed by atoms with van der Waals surface area (Å²) in [6, 6.07) is 7.79. The molecule has 0 aliphatic heterocycles. The third-order valence-electron chi connectivity index (χ3n) is 2.99. The predicted molar refractivity (Wildman–Crippen MR) is 73.7 cm³/mol. The van der Waals surface area contributed by atoms with Crippen molar-refractivity contribution in [3.63, 3.8) is 0 Å². The van der Waals surface area contributed by atoms with E-state index in [1.807, 2.05) is 13.8 Å². The second kappa shape index (κ2) is 6.09. The summed E-state index contributed by atoms with van der Waals surface area (Å²) in [5.74, 6) is -1.66. The van der Waals surface area contributed by atoms with E-state index in [1.54, 1.807) is 0 Å². The average Bonchev–Trinajstić information content (AvgIpc) is 2.37. The fraction of sp³-hybridized carbons (Fsp3) is 0.250. The van der Waals surface area contributed by atoms with Crippen molar-refractivity contribution in [2.24, 2.45) is 0 Å². The summed E-state index contributed by atoms with van der Waals surface area (Å²) in [6.07, 6.45) is 0. The molecule has 0 heterocycles. The minimum Gasteiger partial charge on any atom is -0.310 e. The van der Waals surface area contributed by atoms with Gasteiger partial charge in [0.05, 0.1) is 0 Å². The Kier molecular flexibility index (Phi) is 4.45. The Bertz CT molecular complexity index is 609. The fourth-order valence-corrected chi connectivity index (χ4v) is 1.99. The molecule has 0 saturated heterocycles. The van der Waals surface area contributed by atoms with Crippen LogP contribution in [0.4, 0.5) is 13.2 Å². The van der Waals surface area contributed by atoms with E-state index in [2.05, 4.69) is 5.32 Å². The van der Waals surface area contributed by atoms with Crippen LogP contribution in [0.2, 0.25) is 0 Å². The Balaban J connectivity index is 2.44. The molecule has 2 aromatic rings. The highest BCUT2D eigenvalue weighted by atomic mass is 19.1. The number of rotatable bonds is 4. The molecular formula is C16H16F3N. The van der Waals surface area contributed by atoms with Crippen LogP contribution in [0.1, 0.15) is 19.4 Å². The minimum absolute atomic E-state index is 0.226. The first-order valence-electron chi connectivity index (χ1n) is 6.44. The number of halogens is 3. The summed E-state index contributed by atoms with van der Waals surface area (Å²) < 4.78 is 40.2. The zero-order valence-electron chi connectivity index (χ0n) is 11.4. The van der Waals surface area contributed by atoms with Crippen molar-refractivity contribution >= 4 is 0 Å².